The highest BCUT2D eigenvalue weighted by Gasteiger charge is 2.09. The summed E-state index contributed by atoms with van der Waals surface area (Å²) in [7, 11) is 1.70. The minimum absolute atomic E-state index is 0.586. The lowest BCUT2D eigenvalue weighted by atomic mass is 10.0. The van der Waals surface area contributed by atoms with Gasteiger partial charge in [0, 0.05) is 11.7 Å². The molecule has 1 aromatic carbocycles. The highest BCUT2D eigenvalue weighted by molar-refractivity contribution is 9.10. The second-order valence-corrected chi connectivity index (χ2v) is 6.54. The fourth-order valence-corrected chi connectivity index (χ4v) is 3.10. The summed E-state index contributed by atoms with van der Waals surface area (Å²) in [5.74, 6) is 0.883. The Morgan fingerprint density at radius 3 is 2.14 bits per heavy atom. The summed E-state index contributed by atoms with van der Waals surface area (Å²) < 4.78 is 6.30. The van der Waals surface area contributed by atoms with Crippen molar-refractivity contribution in [1.29, 1.82) is 0 Å². The van der Waals surface area contributed by atoms with Crippen LogP contribution in [0.5, 0.6) is 5.75 Å². The molecule has 0 aromatic heterocycles. The molecule has 1 N–H and O–H groups in total. The zero-order valence-electron chi connectivity index (χ0n) is 13.8. The average Bonchev–Trinajstić information content (AvgIpc) is 2.48. The molecule has 21 heavy (non-hydrogen) atoms. The lowest BCUT2D eigenvalue weighted by molar-refractivity contribution is 0.412. The fraction of sp³-hybridized carbons (Fsp3) is 0.667. The second-order valence-electron chi connectivity index (χ2n) is 5.68. The molecule has 0 radical (unpaired) electrons. The number of nitrogens with one attached hydrogen (secondary N) is 1. The number of anilines is 1. The SMILES string of the molecule is CCCCCC(CCCCC)Nc1ccc(OC)c(Br)c1. The molecule has 0 saturated carbocycles. The van der Waals surface area contributed by atoms with E-state index in [4.69, 9.17) is 4.74 Å². The van der Waals surface area contributed by atoms with Crippen molar-refractivity contribution in [3.05, 3.63) is 22.7 Å². The van der Waals surface area contributed by atoms with Gasteiger partial charge in [0.2, 0.25) is 0 Å². The zero-order chi connectivity index (χ0) is 15.5. The first-order valence-corrected chi connectivity index (χ1v) is 9.10. The molecular formula is C18H30BrNO. The standard InChI is InChI=1S/C18H30BrNO/c1-4-6-8-10-15(11-9-7-5-2)20-16-12-13-18(21-3)17(19)14-16/h12-15,20H,4-11H2,1-3H3. The van der Waals surface area contributed by atoms with Crippen molar-refractivity contribution in [3.8, 4) is 5.75 Å². The van der Waals surface area contributed by atoms with Crippen LogP contribution in [0.15, 0.2) is 22.7 Å². The van der Waals surface area contributed by atoms with Crippen LogP contribution in [0, 0.1) is 0 Å². The maximum Gasteiger partial charge on any atom is 0.133 e. The third-order valence-electron chi connectivity index (χ3n) is 3.83. The molecule has 0 aliphatic heterocycles. The fourth-order valence-electron chi connectivity index (χ4n) is 2.56. The van der Waals surface area contributed by atoms with Crippen molar-refractivity contribution < 1.29 is 4.74 Å². The summed E-state index contributed by atoms with van der Waals surface area (Å²) in [6, 6.07) is 6.83. The Balaban J connectivity index is 2.58. The van der Waals surface area contributed by atoms with E-state index in [1.54, 1.807) is 7.11 Å². The lowest BCUT2D eigenvalue weighted by Gasteiger charge is -2.20. The van der Waals surface area contributed by atoms with Gasteiger partial charge in [-0.3, -0.25) is 0 Å². The normalized spacial score (nSPS) is 10.9. The van der Waals surface area contributed by atoms with Crippen LogP contribution in [0.3, 0.4) is 0 Å². The highest BCUT2D eigenvalue weighted by Crippen LogP contribution is 2.28. The molecule has 0 saturated heterocycles. The molecule has 0 spiro atoms. The van der Waals surface area contributed by atoms with E-state index in [9.17, 15) is 0 Å². The molecule has 0 unspecified atom stereocenters. The van der Waals surface area contributed by atoms with Crippen LogP contribution in [0.4, 0.5) is 5.69 Å². The first-order chi connectivity index (χ1) is 10.2. The maximum absolute atomic E-state index is 5.29. The van der Waals surface area contributed by atoms with Crippen molar-refractivity contribution >= 4 is 21.6 Å². The van der Waals surface area contributed by atoms with Crippen molar-refractivity contribution in [2.75, 3.05) is 12.4 Å². The molecule has 1 aromatic rings. The molecule has 0 bridgehead atoms. The summed E-state index contributed by atoms with van der Waals surface area (Å²) in [6.45, 7) is 4.53. The Labute approximate surface area is 138 Å². The minimum atomic E-state index is 0.586. The molecule has 2 nitrogen and oxygen atoms in total. The van der Waals surface area contributed by atoms with Gasteiger partial charge in [0.15, 0.2) is 0 Å². The Morgan fingerprint density at radius 1 is 1.05 bits per heavy atom. The predicted octanol–water partition coefficient (Wildman–Crippen LogP) is 6.40. The van der Waals surface area contributed by atoms with Crippen molar-refractivity contribution in [1.82, 2.24) is 0 Å². The molecule has 0 heterocycles. The molecule has 0 amide bonds. The van der Waals surface area contributed by atoms with Gasteiger partial charge in [0.1, 0.15) is 5.75 Å². The molecular weight excluding hydrogens is 326 g/mol. The molecule has 0 fully saturated rings. The van der Waals surface area contributed by atoms with E-state index in [0.29, 0.717) is 6.04 Å². The number of ether oxygens (including phenoxy) is 1. The van der Waals surface area contributed by atoms with Gasteiger partial charge in [0.25, 0.3) is 0 Å². The van der Waals surface area contributed by atoms with Gasteiger partial charge in [-0.05, 0) is 47.0 Å². The number of unbranched alkanes of at least 4 members (excludes halogenated alkanes) is 4. The van der Waals surface area contributed by atoms with Crippen LogP contribution in [-0.2, 0) is 0 Å². The van der Waals surface area contributed by atoms with Gasteiger partial charge in [-0.15, -0.1) is 0 Å². The van der Waals surface area contributed by atoms with Crippen LogP contribution in [0.2, 0.25) is 0 Å². The average molecular weight is 356 g/mol. The van der Waals surface area contributed by atoms with Crippen LogP contribution in [0.25, 0.3) is 0 Å². The van der Waals surface area contributed by atoms with E-state index in [-0.39, 0.29) is 0 Å². The summed E-state index contributed by atoms with van der Waals surface area (Å²) in [6.07, 6.45) is 10.4. The summed E-state index contributed by atoms with van der Waals surface area (Å²) in [5.41, 5.74) is 1.18. The first kappa shape index (κ1) is 18.3. The van der Waals surface area contributed by atoms with Crippen molar-refractivity contribution in [3.63, 3.8) is 0 Å². The number of hydrogen-bond acceptors (Lipinski definition) is 2. The molecule has 3 heteroatoms. The van der Waals surface area contributed by atoms with Crippen LogP contribution in [0.1, 0.15) is 65.2 Å². The van der Waals surface area contributed by atoms with E-state index in [1.165, 1.54) is 57.1 Å². The van der Waals surface area contributed by atoms with Crippen molar-refractivity contribution in [2.45, 2.75) is 71.3 Å². The number of halogens is 1. The van der Waals surface area contributed by atoms with Gasteiger partial charge in [-0.25, -0.2) is 0 Å². The molecule has 0 aliphatic rings. The van der Waals surface area contributed by atoms with E-state index < -0.39 is 0 Å². The molecule has 0 aliphatic carbocycles. The third kappa shape index (κ3) is 7.21. The van der Waals surface area contributed by atoms with Gasteiger partial charge in [-0.1, -0.05) is 52.4 Å². The summed E-state index contributed by atoms with van der Waals surface area (Å²) in [5, 5.41) is 3.70. The number of rotatable bonds is 11. The Hall–Kier alpha value is -0.700. The van der Waals surface area contributed by atoms with Gasteiger partial charge in [0.05, 0.1) is 11.6 Å². The van der Waals surface area contributed by atoms with Gasteiger partial charge >= 0.3 is 0 Å². The predicted molar refractivity (Wildman–Crippen MR) is 96.4 cm³/mol. The molecule has 120 valence electrons. The topological polar surface area (TPSA) is 21.3 Å². The number of hydrogen-bond donors (Lipinski definition) is 1. The lowest BCUT2D eigenvalue weighted by Crippen LogP contribution is -2.19. The van der Waals surface area contributed by atoms with Gasteiger partial charge < -0.3 is 10.1 Å². The quantitative estimate of drug-likeness (QED) is 0.463. The minimum Gasteiger partial charge on any atom is -0.496 e. The molecule has 1 rings (SSSR count). The Bertz CT molecular complexity index is 385. The van der Waals surface area contributed by atoms with Crippen LogP contribution < -0.4 is 10.1 Å². The third-order valence-corrected chi connectivity index (χ3v) is 4.45. The monoisotopic (exact) mass is 355 g/mol. The second kappa shape index (κ2) is 10.9. The van der Waals surface area contributed by atoms with E-state index >= 15 is 0 Å². The largest absolute Gasteiger partial charge is 0.496 e. The number of benzene rings is 1. The van der Waals surface area contributed by atoms with E-state index in [2.05, 4.69) is 47.2 Å². The van der Waals surface area contributed by atoms with Crippen LogP contribution >= 0.6 is 15.9 Å². The smallest absolute Gasteiger partial charge is 0.133 e. The number of methoxy groups -OCH3 is 1. The van der Waals surface area contributed by atoms with Crippen molar-refractivity contribution in [2.24, 2.45) is 0 Å². The van der Waals surface area contributed by atoms with E-state index in [1.807, 2.05) is 6.07 Å². The summed E-state index contributed by atoms with van der Waals surface area (Å²) in [4.78, 5) is 0. The van der Waals surface area contributed by atoms with E-state index in [0.717, 1.165) is 10.2 Å². The van der Waals surface area contributed by atoms with Crippen LogP contribution in [-0.4, -0.2) is 13.2 Å². The maximum atomic E-state index is 5.29. The zero-order valence-corrected chi connectivity index (χ0v) is 15.3. The molecule has 0 atom stereocenters. The highest BCUT2D eigenvalue weighted by atomic mass is 79.9. The van der Waals surface area contributed by atoms with Gasteiger partial charge in [-0.2, -0.15) is 0 Å². The Kier molecular flexibility index (Phi) is 9.56. The first-order valence-electron chi connectivity index (χ1n) is 8.31. The summed E-state index contributed by atoms with van der Waals surface area (Å²) >= 11 is 3.56. The Morgan fingerprint density at radius 2 is 1.67 bits per heavy atom.